The van der Waals surface area contributed by atoms with Crippen LogP contribution in [0.1, 0.15) is 36.9 Å². The van der Waals surface area contributed by atoms with E-state index in [9.17, 15) is 22.8 Å². The highest BCUT2D eigenvalue weighted by Crippen LogP contribution is 2.36. The molecule has 5 N–H and O–H groups in total. The zero-order valence-corrected chi connectivity index (χ0v) is 23.2. The number of hydrogen-bond acceptors (Lipinski definition) is 7. The predicted molar refractivity (Wildman–Crippen MR) is 153 cm³/mol. The molecular formula is C30H31F3N8O2. The molecule has 5 rings (SSSR count). The van der Waals surface area contributed by atoms with E-state index < -0.39 is 23.8 Å². The van der Waals surface area contributed by atoms with Gasteiger partial charge in [-0.15, -0.1) is 10.2 Å². The maximum absolute atomic E-state index is 14.0. The molecule has 13 heteroatoms. The quantitative estimate of drug-likeness (QED) is 0.264. The Balaban J connectivity index is 1.45. The van der Waals surface area contributed by atoms with Crippen molar-refractivity contribution in [2.24, 2.45) is 23.3 Å². The fourth-order valence-electron chi connectivity index (χ4n) is 5.58. The Bertz CT molecular complexity index is 1540. The number of H-pyrrole nitrogens is 1. The van der Waals surface area contributed by atoms with Gasteiger partial charge in [0.1, 0.15) is 6.04 Å². The van der Waals surface area contributed by atoms with Crippen LogP contribution in [0.3, 0.4) is 0 Å². The molecule has 0 aliphatic heterocycles. The number of aromatic nitrogens is 5. The van der Waals surface area contributed by atoms with E-state index in [0.29, 0.717) is 53.5 Å². The van der Waals surface area contributed by atoms with Gasteiger partial charge in [0, 0.05) is 35.3 Å². The van der Waals surface area contributed by atoms with E-state index in [1.54, 1.807) is 48.5 Å². The zero-order valence-electron chi connectivity index (χ0n) is 23.2. The number of pyridine rings is 1. The maximum atomic E-state index is 14.0. The number of benzene rings is 2. The molecule has 2 amide bonds. The van der Waals surface area contributed by atoms with Crippen molar-refractivity contribution in [1.29, 1.82) is 0 Å². The maximum Gasteiger partial charge on any atom is 0.433 e. The lowest BCUT2D eigenvalue weighted by molar-refractivity contribution is -0.140. The Kier molecular flexibility index (Phi) is 8.81. The van der Waals surface area contributed by atoms with Crippen LogP contribution < -0.4 is 16.4 Å². The van der Waals surface area contributed by atoms with Gasteiger partial charge < -0.3 is 11.5 Å². The van der Waals surface area contributed by atoms with E-state index >= 15 is 0 Å². The second kappa shape index (κ2) is 12.7. The molecule has 10 nitrogen and oxygen atoms in total. The normalized spacial score (nSPS) is 17.8. The van der Waals surface area contributed by atoms with Crippen LogP contribution in [0, 0.1) is 11.8 Å². The number of nitrogens with two attached hydrogens (primary N) is 2. The van der Waals surface area contributed by atoms with Crippen LogP contribution in [0.15, 0.2) is 66.9 Å². The summed E-state index contributed by atoms with van der Waals surface area (Å²) in [7, 11) is 0. The van der Waals surface area contributed by atoms with Gasteiger partial charge in [-0.05, 0) is 84.8 Å². The molecule has 2 aromatic heterocycles. The van der Waals surface area contributed by atoms with E-state index in [1.807, 2.05) is 0 Å². The number of amides is 2. The summed E-state index contributed by atoms with van der Waals surface area (Å²) in [5, 5.41) is 13.9. The minimum atomic E-state index is -4.62. The van der Waals surface area contributed by atoms with Crippen LogP contribution >= 0.6 is 0 Å². The van der Waals surface area contributed by atoms with Crippen molar-refractivity contribution in [1.82, 2.24) is 25.6 Å². The standard InChI is InChI=1S/C30H31F3N8O2/c31-30(32,33)26-24(2-1-15-36-26)20-7-3-18(4-8-20)16-25(27(35)42)41(29(43)22-9-5-19(17-34)6-10-22)23-13-11-21(12-14-23)28-37-39-40-38-28/h1-4,7-8,11-15,19,22,25H,5-6,9-10,16-17,34H2,(H2,35,42)(H,37,38,39,40)/t19?,22?,25-/m0/s1. The molecule has 0 unspecified atom stereocenters. The minimum absolute atomic E-state index is 0.0559. The summed E-state index contributed by atoms with van der Waals surface area (Å²) in [5.74, 6) is -0.501. The third-order valence-corrected chi connectivity index (χ3v) is 7.93. The number of tetrazole rings is 1. The molecule has 43 heavy (non-hydrogen) atoms. The van der Waals surface area contributed by atoms with E-state index in [4.69, 9.17) is 11.5 Å². The fourth-order valence-corrected chi connectivity index (χ4v) is 5.58. The number of nitrogens with one attached hydrogen (secondary N) is 1. The number of nitrogens with zero attached hydrogens (tertiary/aromatic N) is 5. The first kappa shape index (κ1) is 29.8. The van der Waals surface area contributed by atoms with Crippen LogP contribution in [-0.2, 0) is 22.2 Å². The van der Waals surface area contributed by atoms with Crippen molar-refractivity contribution in [3.63, 3.8) is 0 Å². The summed E-state index contributed by atoms with van der Waals surface area (Å²) in [6.45, 7) is 0.561. The predicted octanol–water partition coefficient (Wildman–Crippen LogP) is 4.14. The number of carbonyl (C=O) groups excluding carboxylic acids is 2. The molecule has 2 aromatic carbocycles. The summed E-state index contributed by atoms with van der Waals surface area (Å²) >= 11 is 0. The van der Waals surface area contributed by atoms with E-state index in [1.165, 1.54) is 17.0 Å². The van der Waals surface area contributed by atoms with Crippen molar-refractivity contribution < 1.29 is 22.8 Å². The number of halogens is 3. The van der Waals surface area contributed by atoms with Gasteiger partial charge in [0.2, 0.25) is 17.6 Å². The molecule has 1 saturated carbocycles. The van der Waals surface area contributed by atoms with Gasteiger partial charge in [0.25, 0.3) is 0 Å². The van der Waals surface area contributed by atoms with Crippen LogP contribution in [0.5, 0.6) is 0 Å². The van der Waals surface area contributed by atoms with Crippen molar-refractivity contribution in [3.8, 4) is 22.5 Å². The first-order valence-electron chi connectivity index (χ1n) is 13.9. The number of alkyl halides is 3. The molecule has 1 aliphatic carbocycles. The van der Waals surface area contributed by atoms with Crippen molar-refractivity contribution in [2.75, 3.05) is 11.4 Å². The molecule has 1 atom stereocenters. The number of anilines is 1. The van der Waals surface area contributed by atoms with Gasteiger partial charge in [-0.1, -0.05) is 30.3 Å². The number of rotatable bonds is 9. The van der Waals surface area contributed by atoms with Crippen molar-refractivity contribution in [2.45, 2.75) is 44.3 Å². The lowest BCUT2D eigenvalue weighted by Crippen LogP contribution is -2.52. The number of carbonyl (C=O) groups is 2. The topological polar surface area (TPSA) is 157 Å². The van der Waals surface area contributed by atoms with Gasteiger partial charge >= 0.3 is 6.18 Å². The van der Waals surface area contributed by atoms with E-state index in [0.717, 1.165) is 19.0 Å². The summed E-state index contributed by atoms with van der Waals surface area (Å²) in [6.07, 6.45) is -0.541. The Labute approximate surface area is 245 Å². The van der Waals surface area contributed by atoms with Crippen LogP contribution in [0.25, 0.3) is 22.5 Å². The largest absolute Gasteiger partial charge is 0.433 e. The van der Waals surface area contributed by atoms with Gasteiger partial charge in [-0.3, -0.25) is 19.5 Å². The molecule has 0 bridgehead atoms. The summed E-state index contributed by atoms with van der Waals surface area (Å²) in [6, 6.07) is 15.0. The summed E-state index contributed by atoms with van der Waals surface area (Å²) < 4.78 is 40.6. The van der Waals surface area contributed by atoms with Crippen LogP contribution in [0.2, 0.25) is 0 Å². The second-order valence-corrected chi connectivity index (χ2v) is 10.7. The van der Waals surface area contributed by atoms with Gasteiger partial charge in [-0.2, -0.15) is 18.4 Å². The van der Waals surface area contributed by atoms with Crippen molar-refractivity contribution >= 4 is 17.5 Å². The average Bonchev–Trinajstić information content (AvgIpc) is 3.56. The molecule has 2 heterocycles. The van der Waals surface area contributed by atoms with Gasteiger partial charge in [0.15, 0.2) is 5.69 Å². The average molecular weight is 593 g/mol. The highest BCUT2D eigenvalue weighted by atomic mass is 19.4. The van der Waals surface area contributed by atoms with Gasteiger partial charge in [-0.25, -0.2) is 0 Å². The zero-order chi connectivity index (χ0) is 30.6. The monoisotopic (exact) mass is 592 g/mol. The first-order chi connectivity index (χ1) is 20.7. The molecule has 0 saturated heterocycles. The molecule has 0 radical (unpaired) electrons. The highest BCUT2D eigenvalue weighted by Gasteiger charge is 2.37. The molecule has 224 valence electrons. The third-order valence-electron chi connectivity index (χ3n) is 7.93. The Hall–Kier alpha value is -4.65. The third kappa shape index (κ3) is 6.72. The van der Waals surface area contributed by atoms with Gasteiger partial charge in [0.05, 0.1) is 0 Å². The summed E-state index contributed by atoms with van der Waals surface area (Å²) in [5.41, 5.74) is 12.8. The molecule has 4 aromatic rings. The van der Waals surface area contributed by atoms with Crippen LogP contribution in [-0.4, -0.2) is 50.0 Å². The molecule has 0 spiro atoms. The number of primary amides is 1. The van der Waals surface area contributed by atoms with Crippen LogP contribution in [0.4, 0.5) is 18.9 Å². The number of aromatic amines is 1. The number of hydrogen-bond donors (Lipinski definition) is 3. The minimum Gasteiger partial charge on any atom is -0.368 e. The molecular weight excluding hydrogens is 561 g/mol. The SMILES string of the molecule is NCC1CCC(C(=O)N(c2ccc(-c3nn[nH]n3)cc2)[C@@H](Cc2ccc(-c3cccnc3C(F)(F)F)cc2)C(N)=O)CC1. The lowest BCUT2D eigenvalue weighted by atomic mass is 9.81. The lowest BCUT2D eigenvalue weighted by Gasteiger charge is -2.35. The van der Waals surface area contributed by atoms with Crippen molar-refractivity contribution in [3.05, 3.63) is 78.1 Å². The molecule has 1 fully saturated rings. The summed E-state index contributed by atoms with van der Waals surface area (Å²) in [4.78, 5) is 32.0. The highest BCUT2D eigenvalue weighted by molar-refractivity contribution is 6.01. The Morgan fingerprint density at radius 3 is 2.23 bits per heavy atom. The molecule has 1 aliphatic rings. The smallest absolute Gasteiger partial charge is 0.368 e. The van der Waals surface area contributed by atoms with E-state index in [-0.39, 0.29) is 23.8 Å². The second-order valence-electron chi connectivity index (χ2n) is 10.7. The Morgan fingerprint density at radius 1 is 0.977 bits per heavy atom. The fraction of sp³-hybridized carbons (Fsp3) is 0.333. The Morgan fingerprint density at radius 2 is 1.65 bits per heavy atom. The van der Waals surface area contributed by atoms with E-state index in [2.05, 4.69) is 25.6 Å². The first-order valence-corrected chi connectivity index (χ1v) is 13.9.